The molecule has 7 nitrogen and oxygen atoms in total. The molecule has 0 aromatic rings. The monoisotopic (exact) mass is 975 g/mol. The lowest BCUT2D eigenvalue weighted by Crippen LogP contribution is -2.52. The van der Waals surface area contributed by atoms with E-state index >= 15 is 0 Å². The lowest BCUT2D eigenvalue weighted by molar-refractivity contribution is -0.134. The number of carbonyl (C=O) groups excluding carboxylic acids is 5. The van der Waals surface area contributed by atoms with Crippen LogP contribution in [0.3, 0.4) is 0 Å². The molecule has 0 unspecified atom stereocenters. The Labute approximate surface area is 428 Å². The number of Topliss-reactive ketones (excluding diaryl/α,β-unsaturated/α-hetero) is 3. The third kappa shape index (κ3) is 7.98. The van der Waals surface area contributed by atoms with Crippen molar-refractivity contribution in [1.82, 2.24) is 0 Å². The molecule has 0 spiro atoms. The summed E-state index contributed by atoms with van der Waals surface area (Å²) in [5.74, 6) is 8.40. The normalized spacial score (nSPS) is 48.0. The van der Waals surface area contributed by atoms with Crippen molar-refractivity contribution in [3.63, 3.8) is 0 Å². The van der Waals surface area contributed by atoms with Crippen LogP contribution in [0.25, 0.3) is 0 Å². The molecule has 18 atom stereocenters. The van der Waals surface area contributed by atoms with Gasteiger partial charge in [0, 0.05) is 36.5 Å². The summed E-state index contributed by atoms with van der Waals surface area (Å²) in [4.78, 5) is 60.8. The van der Waals surface area contributed by atoms with Crippen LogP contribution in [0, 0.1) is 97.6 Å². The average molecular weight is 975 g/mol. The zero-order valence-corrected chi connectivity index (χ0v) is 45.4. The van der Waals surface area contributed by atoms with Crippen LogP contribution in [0.4, 0.5) is 0 Å². The van der Waals surface area contributed by atoms with Crippen LogP contribution in [0.5, 0.6) is 0 Å². The fourth-order valence-corrected chi connectivity index (χ4v) is 22.2. The quantitative estimate of drug-likeness (QED) is 0.254. The zero-order chi connectivity index (χ0) is 50.5. The van der Waals surface area contributed by atoms with Crippen molar-refractivity contribution in [3.05, 3.63) is 34.9 Å². The van der Waals surface area contributed by atoms with E-state index in [1.165, 1.54) is 81.8 Å². The van der Waals surface area contributed by atoms with E-state index in [-0.39, 0.29) is 51.5 Å². The number of fused-ring (bicyclic) bond motifs is 15. The van der Waals surface area contributed by atoms with E-state index in [2.05, 4.69) is 47.6 Å². The smallest absolute Gasteiger partial charge is 0.161 e. The average Bonchev–Trinajstić information content (AvgIpc) is 4.02. The molecule has 7 heteroatoms. The van der Waals surface area contributed by atoms with Crippen molar-refractivity contribution in [2.75, 3.05) is 6.61 Å². The van der Waals surface area contributed by atoms with Gasteiger partial charge in [0.1, 0.15) is 18.2 Å². The Morgan fingerprint density at radius 3 is 1.61 bits per heavy atom. The summed E-state index contributed by atoms with van der Waals surface area (Å²) in [6, 6.07) is 0. The second kappa shape index (κ2) is 19.3. The van der Waals surface area contributed by atoms with Crippen LogP contribution in [0.2, 0.25) is 0 Å². The maximum absolute atomic E-state index is 12.4. The Balaban J connectivity index is 0.000000123. The van der Waals surface area contributed by atoms with Gasteiger partial charge in [0.25, 0.3) is 0 Å². The summed E-state index contributed by atoms with van der Waals surface area (Å²) in [6.07, 6.45) is 35.8. The number of allylic oxidation sites excluding steroid dienone is 3. The predicted molar refractivity (Wildman–Crippen MR) is 280 cm³/mol. The second-order valence-corrected chi connectivity index (χ2v) is 27.4. The van der Waals surface area contributed by atoms with Gasteiger partial charge in [-0.3, -0.25) is 24.0 Å². The van der Waals surface area contributed by atoms with Crippen LogP contribution in [-0.2, 0) is 24.0 Å². The third-order valence-corrected chi connectivity index (χ3v) is 25.8. The van der Waals surface area contributed by atoms with Gasteiger partial charge in [-0.15, -0.1) is 0 Å². The van der Waals surface area contributed by atoms with Gasteiger partial charge in [0.15, 0.2) is 17.3 Å². The molecule has 12 rings (SSSR count). The highest BCUT2D eigenvalue weighted by molar-refractivity contribution is 5.92. The molecule has 0 aliphatic heterocycles. The summed E-state index contributed by atoms with van der Waals surface area (Å²) in [7, 11) is 0. The Morgan fingerprint density at radius 1 is 0.535 bits per heavy atom. The third-order valence-electron chi connectivity index (χ3n) is 25.8. The van der Waals surface area contributed by atoms with E-state index in [9.17, 15) is 34.2 Å². The molecule has 0 aromatic heterocycles. The molecule has 0 aromatic carbocycles. The minimum atomic E-state index is -0.297. The van der Waals surface area contributed by atoms with E-state index in [0.29, 0.717) is 64.6 Å². The van der Waals surface area contributed by atoms with E-state index in [1.807, 2.05) is 19.1 Å². The number of carbonyl (C=O) groups is 5. The zero-order valence-electron chi connectivity index (χ0n) is 45.4. The summed E-state index contributed by atoms with van der Waals surface area (Å²) in [5, 5.41) is 19.6. The van der Waals surface area contributed by atoms with Crippen LogP contribution in [0.15, 0.2) is 34.9 Å². The number of hydrogen-bond acceptors (Lipinski definition) is 7. The van der Waals surface area contributed by atoms with Crippen molar-refractivity contribution in [2.24, 2.45) is 97.6 Å². The van der Waals surface area contributed by atoms with Gasteiger partial charge in [-0.1, -0.05) is 64.3 Å². The fraction of sp³-hybridized carbons (Fsp3) is 0.828. The molecule has 392 valence electrons. The highest BCUT2D eigenvalue weighted by atomic mass is 16.3. The minimum Gasteiger partial charge on any atom is -0.393 e. The van der Waals surface area contributed by atoms with Gasteiger partial charge >= 0.3 is 0 Å². The van der Waals surface area contributed by atoms with Crippen molar-refractivity contribution >= 4 is 28.9 Å². The van der Waals surface area contributed by atoms with Gasteiger partial charge in [-0.05, 0) is 254 Å². The Hall–Kier alpha value is -2.51. The van der Waals surface area contributed by atoms with Crippen LogP contribution < -0.4 is 0 Å². The molecule has 0 saturated heterocycles. The molecule has 9 saturated carbocycles. The summed E-state index contributed by atoms with van der Waals surface area (Å²) in [6.45, 7) is 15.5. The first-order valence-corrected chi connectivity index (χ1v) is 29.9. The number of hydrogen-bond donors (Lipinski definition) is 2. The maximum atomic E-state index is 12.4. The van der Waals surface area contributed by atoms with Crippen molar-refractivity contribution < 1.29 is 34.2 Å². The van der Waals surface area contributed by atoms with Crippen LogP contribution in [0.1, 0.15) is 222 Å². The highest BCUT2D eigenvalue weighted by Crippen LogP contribution is 2.70. The van der Waals surface area contributed by atoms with Crippen molar-refractivity contribution in [3.8, 4) is 0 Å². The lowest BCUT2D eigenvalue weighted by atomic mass is 9.45. The number of aliphatic hydroxyl groups is 2. The molecule has 12 aliphatic rings. The summed E-state index contributed by atoms with van der Waals surface area (Å²) >= 11 is 0. The molecule has 12 aliphatic carbocycles. The Bertz CT molecular complexity index is 2230. The van der Waals surface area contributed by atoms with Crippen LogP contribution in [-0.4, -0.2) is 51.8 Å². The fourth-order valence-electron chi connectivity index (χ4n) is 22.2. The molecule has 0 amide bonds. The van der Waals surface area contributed by atoms with Gasteiger partial charge < -0.3 is 10.2 Å². The second-order valence-electron chi connectivity index (χ2n) is 27.4. The van der Waals surface area contributed by atoms with E-state index in [0.717, 1.165) is 126 Å². The van der Waals surface area contributed by atoms with E-state index < -0.39 is 0 Å². The minimum absolute atomic E-state index is 0.0260. The number of rotatable bonds is 6. The largest absolute Gasteiger partial charge is 0.393 e. The van der Waals surface area contributed by atoms with Crippen LogP contribution >= 0.6 is 0 Å². The molecule has 71 heavy (non-hydrogen) atoms. The number of aliphatic hydroxyl groups excluding tert-OH is 2. The SMILES string of the molecule is CC[C@]12CCC(=O)C=C1CC[C@@H]1[C@@H]2CC[C@]2(C)C(=O)CC[C@@H]12.CC[C@]12CCC(=O)C=C1CC[C@@H]1[C@@H]2CC[C@]2(C)[C@@H](C(=O)CO)CC[C@@H]12.CC[C@]12CC[C@H](O)CC1=CC[C@@H]1[C@@H]2CC[C@]2(C)[C@@H](C(C)=O)CC[C@@H]12. The number of ketones is 5. The Kier molecular flexibility index (Phi) is 14.1. The Morgan fingerprint density at radius 2 is 1.04 bits per heavy atom. The molecule has 0 heterocycles. The first-order valence-electron chi connectivity index (χ1n) is 29.9. The van der Waals surface area contributed by atoms with Gasteiger partial charge in [0.2, 0.25) is 0 Å². The molecular weight excluding hydrogens is 881 g/mol. The van der Waals surface area contributed by atoms with E-state index in [4.69, 9.17) is 0 Å². The lowest BCUT2D eigenvalue weighted by Gasteiger charge is -2.59. The van der Waals surface area contributed by atoms with Gasteiger partial charge in [-0.2, -0.15) is 0 Å². The summed E-state index contributed by atoms with van der Waals surface area (Å²) in [5.41, 5.74) is 5.68. The van der Waals surface area contributed by atoms with Gasteiger partial charge in [0.05, 0.1) is 6.10 Å². The molecule has 0 bridgehead atoms. The van der Waals surface area contributed by atoms with Crippen molar-refractivity contribution in [2.45, 2.75) is 228 Å². The predicted octanol–water partition coefficient (Wildman–Crippen LogP) is 13.5. The first-order chi connectivity index (χ1) is 33.9. The van der Waals surface area contributed by atoms with E-state index in [1.54, 1.807) is 5.57 Å². The summed E-state index contributed by atoms with van der Waals surface area (Å²) < 4.78 is 0. The molecule has 2 N–H and O–H groups in total. The molecule has 0 radical (unpaired) electrons. The topological polar surface area (TPSA) is 126 Å². The molecule has 9 fully saturated rings. The maximum Gasteiger partial charge on any atom is 0.161 e. The molecular formula is C64H94O7. The first kappa shape index (κ1) is 52.0. The standard InChI is InChI=1S/C22H32O3.C22H34O2.C20H28O2/c1-3-22-11-8-15(24)12-14(22)4-5-16-17-6-7-19(20(25)13-23)21(17,2)10-9-18(16)22;1-4-22-12-9-16(24)13-15(22)5-6-17-19-8-7-18(14(2)23)21(19,3)11-10-20(17)22;1-3-20-11-8-14(21)12-13(20)4-5-15-16-6-7-18(22)19(16,2)10-9-17(15)20/h12,16-19,23H,3-11,13H2,1-2H3;5,16-20,24H,4,6-13H2,1-3H3;12,15-17H,3-11H2,1-2H3/t16-,17-,18-,19+,21-,22-;16-,17-,18+,19-,20-,21+,22-;15-,16-,17-,19-,20-/m000/s1. The highest BCUT2D eigenvalue weighted by Gasteiger charge is 2.63. The van der Waals surface area contributed by atoms with Crippen molar-refractivity contribution in [1.29, 1.82) is 0 Å². The van der Waals surface area contributed by atoms with Gasteiger partial charge in [-0.25, -0.2) is 0 Å².